The molecule has 3 rings (SSSR count). The van der Waals surface area contributed by atoms with Crippen molar-refractivity contribution in [2.75, 3.05) is 0 Å². The van der Waals surface area contributed by atoms with E-state index in [9.17, 15) is 0 Å². The van der Waals surface area contributed by atoms with E-state index >= 15 is 0 Å². The second-order valence-electron chi connectivity index (χ2n) is 11.2. The summed E-state index contributed by atoms with van der Waals surface area (Å²) in [5, 5.41) is 0. The Labute approximate surface area is 221 Å². The number of hydrogen-bond acceptors (Lipinski definition) is 4. The molecule has 3 heterocycles. The average molecular weight is 491 g/mol. The largest absolute Gasteiger partial charge is 0.261 e. The molecular formula is C32H50N4. The van der Waals surface area contributed by atoms with Crippen LogP contribution >= 0.6 is 0 Å². The third-order valence-electron chi connectivity index (χ3n) is 5.93. The van der Waals surface area contributed by atoms with Crippen LogP contribution in [-0.2, 0) is 0 Å². The standard InChI is InChI=1S/2C11H17N.C10H16N2/c2*1-8(2)10-6-5-7-12-11(10)9(3)4;1-7(2)9-10(8(3)4)12-6-5-11-9/h2*5-9H,1-4H3;5-8H,1-4H3. The van der Waals surface area contributed by atoms with Gasteiger partial charge in [-0.3, -0.25) is 19.9 Å². The molecule has 0 atom stereocenters. The van der Waals surface area contributed by atoms with E-state index in [1.54, 1.807) is 12.4 Å². The quantitative estimate of drug-likeness (QED) is 0.345. The van der Waals surface area contributed by atoms with Crippen LogP contribution in [0.15, 0.2) is 49.1 Å². The van der Waals surface area contributed by atoms with E-state index in [1.165, 1.54) is 22.5 Å². The van der Waals surface area contributed by atoms with Crippen LogP contribution in [-0.4, -0.2) is 19.9 Å². The lowest BCUT2D eigenvalue weighted by molar-refractivity contribution is 0.726. The Morgan fingerprint density at radius 1 is 0.361 bits per heavy atom. The van der Waals surface area contributed by atoms with Crippen LogP contribution in [0.25, 0.3) is 0 Å². The van der Waals surface area contributed by atoms with E-state index in [2.05, 4.69) is 115 Å². The maximum Gasteiger partial charge on any atom is 0.0646 e. The molecule has 0 N–H and O–H groups in total. The topological polar surface area (TPSA) is 51.6 Å². The predicted molar refractivity (Wildman–Crippen MR) is 155 cm³/mol. The Kier molecular flexibility index (Phi) is 13.5. The van der Waals surface area contributed by atoms with Crippen molar-refractivity contribution >= 4 is 0 Å². The summed E-state index contributed by atoms with van der Waals surface area (Å²) < 4.78 is 0. The van der Waals surface area contributed by atoms with Crippen molar-refractivity contribution in [3.05, 3.63) is 83.0 Å². The van der Waals surface area contributed by atoms with Gasteiger partial charge in [0.15, 0.2) is 0 Å². The first kappa shape index (κ1) is 31.4. The van der Waals surface area contributed by atoms with E-state index in [0.717, 1.165) is 11.4 Å². The monoisotopic (exact) mass is 490 g/mol. The molecule has 0 saturated heterocycles. The molecule has 0 radical (unpaired) electrons. The number of hydrogen-bond donors (Lipinski definition) is 0. The lowest BCUT2D eigenvalue weighted by atomic mass is 9.96. The first-order chi connectivity index (χ1) is 16.9. The fourth-order valence-electron chi connectivity index (χ4n) is 4.05. The van der Waals surface area contributed by atoms with E-state index in [1.807, 2.05) is 24.5 Å². The SMILES string of the molecule is CC(C)c1cccnc1C(C)C.CC(C)c1cccnc1C(C)C.CC(C)c1nccnc1C(C)C. The predicted octanol–water partition coefficient (Wildman–Crippen LogP) is 9.38. The molecule has 3 aromatic rings. The molecule has 0 aromatic carbocycles. The summed E-state index contributed by atoms with van der Waals surface area (Å²) in [6.45, 7) is 26.2. The molecule has 0 bridgehead atoms. The van der Waals surface area contributed by atoms with Gasteiger partial charge in [-0.1, -0.05) is 95.2 Å². The molecule has 0 aliphatic carbocycles. The molecule has 36 heavy (non-hydrogen) atoms. The fourth-order valence-corrected chi connectivity index (χ4v) is 4.05. The van der Waals surface area contributed by atoms with Crippen LogP contribution in [0.4, 0.5) is 0 Å². The van der Waals surface area contributed by atoms with E-state index in [-0.39, 0.29) is 0 Å². The van der Waals surface area contributed by atoms with Gasteiger partial charge in [0.2, 0.25) is 0 Å². The molecule has 4 nitrogen and oxygen atoms in total. The summed E-state index contributed by atoms with van der Waals surface area (Å²) >= 11 is 0. The number of nitrogens with zero attached hydrogens (tertiary/aromatic N) is 4. The van der Waals surface area contributed by atoms with Gasteiger partial charge in [-0.2, -0.15) is 0 Å². The van der Waals surface area contributed by atoms with Crippen LogP contribution < -0.4 is 0 Å². The van der Waals surface area contributed by atoms with Gasteiger partial charge < -0.3 is 0 Å². The van der Waals surface area contributed by atoms with Gasteiger partial charge in [-0.25, -0.2) is 0 Å². The van der Waals surface area contributed by atoms with Gasteiger partial charge in [-0.05, 0) is 58.8 Å². The van der Waals surface area contributed by atoms with Gasteiger partial charge >= 0.3 is 0 Å². The molecule has 0 fully saturated rings. The summed E-state index contributed by atoms with van der Waals surface area (Å²) in [4.78, 5) is 17.5. The zero-order valence-electron chi connectivity index (χ0n) is 24.9. The minimum absolute atomic E-state index is 0.469. The van der Waals surface area contributed by atoms with E-state index in [0.29, 0.717) is 35.5 Å². The Morgan fingerprint density at radius 3 is 0.861 bits per heavy atom. The maximum absolute atomic E-state index is 4.40. The van der Waals surface area contributed by atoms with Crippen molar-refractivity contribution in [3.63, 3.8) is 0 Å². The summed E-state index contributed by atoms with van der Waals surface area (Å²) in [6.07, 6.45) is 7.28. The Morgan fingerprint density at radius 2 is 0.639 bits per heavy atom. The van der Waals surface area contributed by atoms with Crippen LogP contribution in [0.3, 0.4) is 0 Å². The highest BCUT2D eigenvalue weighted by Gasteiger charge is 2.12. The number of aromatic nitrogens is 4. The highest BCUT2D eigenvalue weighted by molar-refractivity contribution is 5.26. The van der Waals surface area contributed by atoms with Crippen molar-refractivity contribution in [2.24, 2.45) is 0 Å². The van der Waals surface area contributed by atoms with Gasteiger partial charge in [0.05, 0.1) is 11.4 Å². The highest BCUT2D eigenvalue weighted by Crippen LogP contribution is 2.24. The molecule has 0 amide bonds. The molecule has 0 aliphatic heterocycles. The van der Waals surface area contributed by atoms with E-state index in [4.69, 9.17) is 0 Å². The third kappa shape index (κ3) is 9.79. The van der Waals surface area contributed by atoms with Crippen molar-refractivity contribution in [3.8, 4) is 0 Å². The molecule has 0 aliphatic rings. The number of pyridine rings is 2. The zero-order valence-corrected chi connectivity index (χ0v) is 24.9. The number of rotatable bonds is 6. The zero-order chi connectivity index (χ0) is 27.4. The van der Waals surface area contributed by atoms with Crippen molar-refractivity contribution in [1.82, 2.24) is 19.9 Å². The minimum Gasteiger partial charge on any atom is -0.261 e. The van der Waals surface area contributed by atoms with Gasteiger partial charge in [0, 0.05) is 36.2 Å². The molecular weight excluding hydrogens is 440 g/mol. The van der Waals surface area contributed by atoms with E-state index < -0.39 is 0 Å². The normalized spacial score (nSPS) is 11.2. The maximum atomic E-state index is 4.40. The van der Waals surface area contributed by atoms with Crippen LogP contribution in [0, 0.1) is 0 Å². The first-order valence-electron chi connectivity index (χ1n) is 13.6. The lowest BCUT2D eigenvalue weighted by Gasteiger charge is -2.13. The lowest BCUT2D eigenvalue weighted by Crippen LogP contribution is -2.03. The summed E-state index contributed by atoms with van der Waals surface area (Å²) in [5.74, 6) is 3.16. The van der Waals surface area contributed by atoms with Gasteiger partial charge in [0.1, 0.15) is 0 Å². The Balaban J connectivity index is 0.000000270. The first-order valence-corrected chi connectivity index (χ1v) is 13.6. The second-order valence-corrected chi connectivity index (χ2v) is 11.2. The summed E-state index contributed by atoms with van der Waals surface area (Å²) in [5.41, 5.74) is 7.51. The second kappa shape index (κ2) is 15.5. The van der Waals surface area contributed by atoms with Crippen LogP contribution in [0.1, 0.15) is 152 Å². The molecule has 3 aromatic heterocycles. The summed E-state index contributed by atoms with van der Waals surface area (Å²) in [7, 11) is 0. The van der Waals surface area contributed by atoms with Crippen molar-refractivity contribution in [2.45, 2.75) is 119 Å². The smallest absolute Gasteiger partial charge is 0.0646 e. The van der Waals surface area contributed by atoms with Gasteiger partial charge in [0.25, 0.3) is 0 Å². The van der Waals surface area contributed by atoms with Crippen LogP contribution in [0.2, 0.25) is 0 Å². The average Bonchev–Trinajstić information content (AvgIpc) is 2.84. The van der Waals surface area contributed by atoms with Crippen molar-refractivity contribution in [1.29, 1.82) is 0 Å². The van der Waals surface area contributed by atoms with Crippen molar-refractivity contribution < 1.29 is 0 Å². The fraction of sp³-hybridized carbons (Fsp3) is 0.562. The summed E-state index contributed by atoms with van der Waals surface area (Å²) in [6, 6.07) is 8.38. The Bertz CT molecular complexity index is 807. The molecule has 4 heteroatoms. The van der Waals surface area contributed by atoms with Gasteiger partial charge in [-0.15, -0.1) is 0 Å². The molecule has 0 saturated carbocycles. The third-order valence-corrected chi connectivity index (χ3v) is 5.93. The highest BCUT2D eigenvalue weighted by atomic mass is 14.8. The molecule has 0 spiro atoms. The Hall–Kier alpha value is -2.62. The minimum atomic E-state index is 0.469. The molecule has 198 valence electrons. The molecule has 0 unspecified atom stereocenters. The van der Waals surface area contributed by atoms with Crippen LogP contribution in [0.5, 0.6) is 0 Å².